The van der Waals surface area contributed by atoms with E-state index in [0.717, 1.165) is 10.7 Å². The van der Waals surface area contributed by atoms with E-state index >= 15 is 0 Å². The zero-order valence-electron chi connectivity index (χ0n) is 12.3. The molecule has 0 amide bonds. The van der Waals surface area contributed by atoms with E-state index < -0.39 is 11.9 Å². The Morgan fingerprint density at radius 3 is 2.46 bits per heavy atom. The number of benzene rings is 1. The number of nitrogens with zero attached hydrogens (tertiary/aromatic N) is 3. The van der Waals surface area contributed by atoms with Crippen LogP contribution in [0.3, 0.4) is 0 Å². The van der Waals surface area contributed by atoms with Crippen LogP contribution in [0.4, 0.5) is 19.0 Å². The Bertz CT molecular complexity index is 860. The Morgan fingerprint density at radius 1 is 1.12 bits per heavy atom. The van der Waals surface area contributed by atoms with Crippen LogP contribution in [0.15, 0.2) is 48.7 Å². The highest BCUT2D eigenvalue weighted by Gasteiger charge is 2.36. The second kappa shape index (κ2) is 6.16. The van der Waals surface area contributed by atoms with Crippen LogP contribution in [0.2, 0.25) is 5.02 Å². The third kappa shape index (κ3) is 3.35. The van der Waals surface area contributed by atoms with Gasteiger partial charge in [0.25, 0.3) is 0 Å². The van der Waals surface area contributed by atoms with Crippen molar-refractivity contribution in [1.29, 1.82) is 0 Å². The molecule has 0 aliphatic heterocycles. The standard InChI is InChI=1S/C16H12ClF3N4/c17-12-6-11(8-22-15(12)21)13-7-14(16(18,19)20)24(23-13)9-10-4-2-1-3-5-10/h1-8H,9H2,(H2,21,22). The molecule has 0 unspecified atom stereocenters. The average Bonchev–Trinajstić information content (AvgIpc) is 2.95. The molecule has 0 saturated carbocycles. The summed E-state index contributed by atoms with van der Waals surface area (Å²) in [6.45, 7) is 0.00577. The molecule has 24 heavy (non-hydrogen) atoms. The summed E-state index contributed by atoms with van der Waals surface area (Å²) in [5, 5.41) is 4.24. The highest BCUT2D eigenvalue weighted by Crippen LogP contribution is 2.33. The normalized spacial score (nSPS) is 11.7. The van der Waals surface area contributed by atoms with Crippen molar-refractivity contribution in [3.8, 4) is 11.3 Å². The molecule has 2 aromatic heterocycles. The summed E-state index contributed by atoms with van der Waals surface area (Å²) in [5.41, 5.74) is 5.90. The predicted molar refractivity (Wildman–Crippen MR) is 85.4 cm³/mol. The van der Waals surface area contributed by atoms with Gasteiger partial charge in [0, 0.05) is 11.8 Å². The van der Waals surface area contributed by atoms with E-state index in [1.54, 1.807) is 30.3 Å². The van der Waals surface area contributed by atoms with Gasteiger partial charge < -0.3 is 5.73 Å². The Morgan fingerprint density at radius 2 is 1.83 bits per heavy atom. The van der Waals surface area contributed by atoms with E-state index in [1.807, 2.05) is 0 Å². The van der Waals surface area contributed by atoms with Crippen LogP contribution in [0.1, 0.15) is 11.3 Å². The van der Waals surface area contributed by atoms with Crippen LogP contribution in [0.5, 0.6) is 0 Å². The molecule has 3 rings (SSSR count). The molecular weight excluding hydrogens is 341 g/mol. The third-order valence-electron chi connectivity index (χ3n) is 3.41. The van der Waals surface area contributed by atoms with Crippen molar-refractivity contribution in [3.05, 3.63) is 64.9 Å². The predicted octanol–water partition coefficient (Wildman–Crippen LogP) is 4.25. The van der Waals surface area contributed by atoms with Crippen LogP contribution < -0.4 is 5.73 Å². The Kier molecular flexibility index (Phi) is 4.19. The molecule has 0 bridgehead atoms. The zero-order valence-corrected chi connectivity index (χ0v) is 13.0. The number of nitrogens with two attached hydrogens (primary N) is 1. The first kappa shape index (κ1) is 16.3. The molecule has 2 N–H and O–H groups in total. The fourth-order valence-electron chi connectivity index (χ4n) is 2.25. The van der Waals surface area contributed by atoms with E-state index in [1.165, 1.54) is 12.3 Å². The van der Waals surface area contributed by atoms with Crippen molar-refractivity contribution in [1.82, 2.24) is 14.8 Å². The second-order valence-corrected chi connectivity index (χ2v) is 5.55. The number of nitrogen functional groups attached to an aromatic ring is 1. The summed E-state index contributed by atoms with van der Waals surface area (Å²) < 4.78 is 40.8. The summed E-state index contributed by atoms with van der Waals surface area (Å²) in [7, 11) is 0. The van der Waals surface area contributed by atoms with Gasteiger partial charge in [0.2, 0.25) is 0 Å². The molecule has 0 fully saturated rings. The molecule has 4 nitrogen and oxygen atoms in total. The fraction of sp³-hybridized carbons (Fsp3) is 0.125. The van der Waals surface area contributed by atoms with Crippen molar-refractivity contribution < 1.29 is 13.2 Å². The van der Waals surface area contributed by atoms with Crippen LogP contribution in [-0.4, -0.2) is 14.8 Å². The summed E-state index contributed by atoms with van der Waals surface area (Å²) in [6.07, 6.45) is -3.18. The Labute approximate surface area is 140 Å². The minimum Gasteiger partial charge on any atom is -0.382 e. The zero-order chi connectivity index (χ0) is 17.3. The van der Waals surface area contributed by atoms with Gasteiger partial charge in [-0.25, -0.2) is 4.98 Å². The Balaban J connectivity index is 2.04. The quantitative estimate of drug-likeness (QED) is 0.766. The van der Waals surface area contributed by atoms with Gasteiger partial charge in [-0.05, 0) is 17.7 Å². The number of anilines is 1. The molecule has 8 heteroatoms. The van der Waals surface area contributed by atoms with E-state index in [0.29, 0.717) is 11.1 Å². The lowest BCUT2D eigenvalue weighted by atomic mass is 10.2. The minimum atomic E-state index is -4.52. The van der Waals surface area contributed by atoms with Gasteiger partial charge in [0.1, 0.15) is 11.5 Å². The highest BCUT2D eigenvalue weighted by molar-refractivity contribution is 6.33. The minimum absolute atomic E-state index is 0.00577. The third-order valence-corrected chi connectivity index (χ3v) is 3.71. The molecule has 0 atom stereocenters. The van der Waals surface area contributed by atoms with Crippen molar-refractivity contribution in [2.75, 3.05) is 5.73 Å². The molecule has 2 heterocycles. The molecule has 0 aliphatic rings. The summed E-state index contributed by atoms with van der Waals surface area (Å²) in [5.74, 6) is 0.111. The fourth-order valence-corrected chi connectivity index (χ4v) is 2.42. The molecule has 0 radical (unpaired) electrons. The molecule has 1 aromatic carbocycles. The van der Waals surface area contributed by atoms with Crippen LogP contribution in [-0.2, 0) is 12.7 Å². The van der Waals surface area contributed by atoms with Gasteiger partial charge in [0.05, 0.1) is 17.3 Å². The van der Waals surface area contributed by atoms with Crippen molar-refractivity contribution >= 4 is 17.4 Å². The lowest BCUT2D eigenvalue weighted by Gasteiger charge is -2.10. The number of alkyl halides is 3. The van der Waals surface area contributed by atoms with Gasteiger partial charge in [-0.15, -0.1) is 0 Å². The van der Waals surface area contributed by atoms with E-state index in [2.05, 4.69) is 10.1 Å². The highest BCUT2D eigenvalue weighted by atomic mass is 35.5. The molecule has 124 valence electrons. The maximum absolute atomic E-state index is 13.3. The van der Waals surface area contributed by atoms with Crippen molar-refractivity contribution in [2.45, 2.75) is 12.7 Å². The molecule has 0 aliphatic carbocycles. The van der Waals surface area contributed by atoms with Gasteiger partial charge in [-0.1, -0.05) is 41.9 Å². The van der Waals surface area contributed by atoms with Crippen LogP contribution in [0.25, 0.3) is 11.3 Å². The monoisotopic (exact) mass is 352 g/mol. The largest absolute Gasteiger partial charge is 0.433 e. The summed E-state index contributed by atoms with van der Waals surface area (Å²) in [4.78, 5) is 3.86. The van der Waals surface area contributed by atoms with Gasteiger partial charge in [0.15, 0.2) is 0 Å². The van der Waals surface area contributed by atoms with E-state index in [-0.39, 0.29) is 23.1 Å². The van der Waals surface area contributed by atoms with Crippen LogP contribution >= 0.6 is 11.6 Å². The Hall–Kier alpha value is -2.54. The first-order valence-corrected chi connectivity index (χ1v) is 7.33. The number of pyridine rings is 1. The molecule has 0 spiro atoms. The van der Waals surface area contributed by atoms with Crippen molar-refractivity contribution in [3.63, 3.8) is 0 Å². The molecule has 0 saturated heterocycles. The SMILES string of the molecule is Nc1ncc(-c2cc(C(F)(F)F)n(Cc3ccccc3)n2)cc1Cl. The number of halogens is 4. The lowest BCUT2D eigenvalue weighted by molar-refractivity contribution is -0.144. The van der Waals surface area contributed by atoms with E-state index in [4.69, 9.17) is 17.3 Å². The summed E-state index contributed by atoms with van der Waals surface area (Å²) >= 11 is 5.89. The average molecular weight is 353 g/mol. The first-order chi connectivity index (χ1) is 11.3. The molecular formula is C16H12ClF3N4. The smallest absolute Gasteiger partial charge is 0.382 e. The van der Waals surface area contributed by atoms with Crippen molar-refractivity contribution in [2.24, 2.45) is 0 Å². The lowest BCUT2D eigenvalue weighted by Crippen LogP contribution is -2.15. The first-order valence-electron chi connectivity index (χ1n) is 6.95. The number of hydrogen-bond acceptors (Lipinski definition) is 3. The molecule has 3 aromatic rings. The number of aromatic nitrogens is 3. The van der Waals surface area contributed by atoms with Gasteiger partial charge >= 0.3 is 6.18 Å². The second-order valence-electron chi connectivity index (χ2n) is 5.15. The van der Waals surface area contributed by atoms with Gasteiger partial charge in [-0.2, -0.15) is 18.3 Å². The topological polar surface area (TPSA) is 56.7 Å². The number of rotatable bonds is 3. The van der Waals surface area contributed by atoms with Gasteiger partial charge in [-0.3, -0.25) is 4.68 Å². The maximum atomic E-state index is 13.3. The van der Waals surface area contributed by atoms with E-state index in [9.17, 15) is 13.2 Å². The number of hydrogen-bond donors (Lipinski definition) is 1. The maximum Gasteiger partial charge on any atom is 0.433 e. The van der Waals surface area contributed by atoms with Crippen LogP contribution in [0, 0.1) is 0 Å². The summed E-state index contributed by atoms with van der Waals surface area (Å²) in [6, 6.07) is 11.2.